The van der Waals surface area contributed by atoms with E-state index in [1.54, 1.807) is 0 Å². The lowest BCUT2D eigenvalue weighted by atomic mass is 9.89. The number of carbonyl (C=O) groups excluding carboxylic acids is 2. The van der Waals surface area contributed by atoms with Gasteiger partial charge >= 0.3 is 0 Å². The van der Waals surface area contributed by atoms with Crippen LogP contribution < -0.4 is 5.32 Å². The highest BCUT2D eigenvalue weighted by Crippen LogP contribution is 2.29. The number of nitrogens with one attached hydrogen (secondary N) is 1. The molecular weight excluding hydrogens is 347 g/mol. The van der Waals surface area contributed by atoms with Crippen LogP contribution in [0.15, 0.2) is 24.3 Å². The Kier molecular flexibility index (Phi) is 6.93. The summed E-state index contributed by atoms with van der Waals surface area (Å²) in [5.74, 6) is 0.0208. The predicted molar refractivity (Wildman–Crippen MR) is 97.5 cm³/mol. The van der Waals surface area contributed by atoms with Crippen molar-refractivity contribution in [2.45, 2.75) is 38.6 Å². The summed E-state index contributed by atoms with van der Waals surface area (Å²) in [4.78, 5) is 26.1. The van der Waals surface area contributed by atoms with Gasteiger partial charge in [0.2, 0.25) is 11.8 Å². The topological polar surface area (TPSA) is 49.4 Å². The maximum atomic E-state index is 12.7. The van der Waals surface area contributed by atoms with Gasteiger partial charge in [0.05, 0.1) is 0 Å². The van der Waals surface area contributed by atoms with Gasteiger partial charge in [-0.2, -0.15) is 0 Å². The molecule has 1 aliphatic heterocycles. The lowest BCUT2D eigenvalue weighted by Gasteiger charge is -2.35. The van der Waals surface area contributed by atoms with E-state index < -0.39 is 6.04 Å². The molecule has 1 heterocycles. The molecule has 1 saturated heterocycles. The maximum absolute atomic E-state index is 12.7. The Morgan fingerprint density at radius 1 is 1.21 bits per heavy atom. The molecule has 1 aliphatic rings. The number of hydrogen-bond acceptors (Lipinski definition) is 2. The Morgan fingerprint density at radius 2 is 1.79 bits per heavy atom. The highest BCUT2D eigenvalue weighted by Gasteiger charge is 2.31. The first kappa shape index (κ1) is 19.1. The van der Waals surface area contributed by atoms with Gasteiger partial charge in [-0.1, -0.05) is 37.6 Å². The average Bonchev–Trinajstić information content (AvgIpc) is 2.59. The van der Waals surface area contributed by atoms with Crippen LogP contribution in [0.5, 0.6) is 0 Å². The van der Waals surface area contributed by atoms with Crippen LogP contribution >= 0.6 is 23.2 Å². The zero-order chi connectivity index (χ0) is 17.7. The van der Waals surface area contributed by atoms with Crippen molar-refractivity contribution in [3.63, 3.8) is 0 Å². The smallest absolute Gasteiger partial charge is 0.245 e. The Labute approximate surface area is 153 Å². The minimum atomic E-state index is -0.511. The monoisotopic (exact) mass is 370 g/mol. The van der Waals surface area contributed by atoms with Gasteiger partial charge in [-0.25, -0.2) is 0 Å². The molecule has 0 aliphatic carbocycles. The number of likely N-dealkylation sites (tertiary alicyclic amines) is 1. The summed E-state index contributed by atoms with van der Waals surface area (Å²) in [6, 6.07) is 7.42. The van der Waals surface area contributed by atoms with Gasteiger partial charge in [0, 0.05) is 18.1 Å². The van der Waals surface area contributed by atoms with Gasteiger partial charge in [0.25, 0.3) is 0 Å². The molecule has 1 atom stereocenters. The SMILES string of the molecule is CC(C)[C@@H](NC(=O)CCl)C(=O)N1CCC(c2ccc(Cl)cc2)CC1. The van der Waals surface area contributed by atoms with Gasteiger partial charge in [-0.3, -0.25) is 9.59 Å². The number of nitrogens with zero attached hydrogens (tertiary/aromatic N) is 1. The van der Waals surface area contributed by atoms with E-state index in [0.29, 0.717) is 19.0 Å². The molecule has 0 radical (unpaired) electrons. The summed E-state index contributed by atoms with van der Waals surface area (Å²) >= 11 is 11.5. The Balaban J connectivity index is 1.95. The molecule has 0 unspecified atom stereocenters. The average molecular weight is 371 g/mol. The predicted octanol–water partition coefficient (Wildman–Crippen LogP) is 3.43. The standard InChI is InChI=1S/C18H24Cl2N2O2/c1-12(2)17(21-16(23)11-19)18(24)22-9-7-14(8-10-22)13-3-5-15(20)6-4-13/h3-6,12,14,17H,7-11H2,1-2H3,(H,21,23)/t17-/m1/s1. The maximum Gasteiger partial charge on any atom is 0.245 e. The minimum Gasteiger partial charge on any atom is -0.343 e. The van der Waals surface area contributed by atoms with Crippen molar-refractivity contribution in [1.29, 1.82) is 0 Å². The van der Waals surface area contributed by atoms with Crippen LogP contribution in [-0.4, -0.2) is 41.7 Å². The number of amides is 2. The lowest BCUT2D eigenvalue weighted by molar-refractivity contribution is -0.138. The fourth-order valence-corrected chi connectivity index (χ4v) is 3.29. The summed E-state index contributed by atoms with van der Waals surface area (Å²) in [6.45, 7) is 5.26. The van der Waals surface area contributed by atoms with Gasteiger partial charge in [-0.05, 0) is 42.4 Å². The van der Waals surface area contributed by atoms with E-state index >= 15 is 0 Å². The molecule has 2 rings (SSSR count). The molecular formula is C18H24Cl2N2O2. The zero-order valence-electron chi connectivity index (χ0n) is 14.1. The first-order valence-corrected chi connectivity index (χ1v) is 9.23. The molecule has 1 aromatic carbocycles. The molecule has 24 heavy (non-hydrogen) atoms. The van der Waals surface area contributed by atoms with E-state index in [2.05, 4.69) is 17.4 Å². The molecule has 6 heteroatoms. The van der Waals surface area contributed by atoms with Gasteiger partial charge in [0.1, 0.15) is 11.9 Å². The quantitative estimate of drug-likeness (QED) is 0.807. The molecule has 132 valence electrons. The van der Waals surface area contributed by atoms with E-state index in [-0.39, 0.29) is 23.6 Å². The van der Waals surface area contributed by atoms with Gasteiger partial charge in [0.15, 0.2) is 0 Å². The molecule has 0 aromatic heterocycles. The first-order valence-electron chi connectivity index (χ1n) is 8.32. The Hall–Kier alpha value is -1.26. The van der Waals surface area contributed by atoms with Crippen molar-refractivity contribution < 1.29 is 9.59 Å². The molecule has 2 amide bonds. The number of halogens is 2. The summed E-state index contributed by atoms with van der Waals surface area (Å²) in [5, 5.41) is 3.47. The van der Waals surface area contributed by atoms with Crippen molar-refractivity contribution in [3.05, 3.63) is 34.9 Å². The second-order valence-corrected chi connectivity index (χ2v) is 7.28. The van der Waals surface area contributed by atoms with Crippen LogP contribution in [-0.2, 0) is 9.59 Å². The van der Waals surface area contributed by atoms with Crippen molar-refractivity contribution in [1.82, 2.24) is 10.2 Å². The largest absolute Gasteiger partial charge is 0.343 e. The number of rotatable bonds is 5. The lowest BCUT2D eigenvalue weighted by Crippen LogP contribution is -2.53. The minimum absolute atomic E-state index is 0.0157. The van der Waals surface area contributed by atoms with Gasteiger partial charge < -0.3 is 10.2 Å². The molecule has 0 spiro atoms. The number of alkyl halides is 1. The van der Waals surface area contributed by atoms with Gasteiger partial charge in [-0.15, -0.1) is 11.6 Å². The summed E-state index contributed by atoms with van der Waals surface area (Å²) in [6.07, 6.45) is 1.84. The van der Waals surface area contributed by atoms with E-state index in [1.165, 1.54) is 5.56 Å². The highest BCUT2D eigenvalue weighted by atomic mass is 35.5. The normalized spacial score (nSPS) is 17.0. The van der Waals surface area contributed by atoms with Crippen molar-refractivity contribution in [2.24, 2.45) is 5.92 Å². The fourth-order valence-electron chi connectivity index (χ4n) is 3.09. The number of hydrogen-bond donors (Lipinski definition) is 1. The Bertz CT molecular complexity index is 567. The van der Waals surface area contributed by atoms with Crippen molar-refractivity contribution >= 4 is 35.0 Å². The van der Waals surface area contributed by atoms with E-state index in [4.69, 9.17) is 23.2 Å². The van der Waals surface area contributed by atoms with Crippen LogP contribution in [0.4, 0.5) is 0 Å². The summed E-state index contributed by atoms with van der Waals surface area (Å²) in [7, 11) is 0. The molecule has 1 N–H and O–H groups in total. The zero-order valence-corrected chi connectivity index (χ0v) is 15.6. The third-order valence-electron chi connectivity index (χ3n) is 4.52. The third kappa shape index (κ3) is 4.87. The van der Waals surface area contributed by atoms with Crippen LogP contribution in [0, 0.1) is 5.92 Å². The fraction of sp³-hybridized carbons (Fsp3) is 0.556. The second-order valence-electron chi connectivity index (χ2n) is 6.57. The van der Waals surface area contributed by atoms with Crippen LogP contribution in [0.2, 0.25) is 5.02 Å². The van der Waals surface area contributed by atoms with E-state index in [0.717, 1.165) is 17.9 Å². The molecule has 0 bridgehead atoms. The third-order valence-corrected chi connectivity index (χ3v) is 5.01. The Morgan fingerprint density at radius 3 is 2.29 bits per heavy atom. The van der Waals surface area contributed by atoms with Crippen LogP contribution in [0.1, 0.15) is 38.2 Å². The summed E-state index contributed by atoms with van der Waals surface area (Å²) < 4.78 is 0. The first-order chi connectivity index (χ1) is 11.4. The van der Waals surface area contributed by atoms with E-state index in [1.807, 2.05) is 30.9 Å². The number of piperidine rings is 1. The number of benzene rings is 1. The molecule has 1 fully saturated rings. The second kappa shape index (κ2) is 8.72. The van der Waals surface area contributed by atoms with Crippen LogP contribution in [0.25, 0.3) is 0 Å². The summed E-state index contributed by atoms with van der Waals surface area (Å²) in [5.41, 5.74) is 1.27. The van der Waals surface area contributed by atoms with Crippen molar-refractivity contribution in [3.8, 4) is 0 Å². The van der Waals surface area contributed by atoms with Crippen molar-refractivity contribution in [2.75, 3.05) is 19.0 Å². The van der Waals surface area contributed by atoms with Crippen LogP contribution in [0.3, 0.4) is 0 Å². The number of carbonyl (C=O) groups is 2. The molecule has 4 nitrogen and oxygen atoms in total. The molecule has 0 saturated carbocycles. The van der Waals surface area contributed by atoms with E-state index in [9.17, 15) is 9.59 Å². The molecule has 1 aromatic rings. The highest BCUT2D eigenvalue weighted by molar-refractivity contribution is 6.30.